The summed E-state index contributed by atoms with van der Waals surface area (Å²) in [6, 6.07) is 8.11. The molecule has 146 valence electrons. The number of rotatable bonds is 6. The van der Waals surface area contributed by atoms with Gasteiger partial charge in [0.2, 0.25) is 11.9 Å². The topological polar surface area (TPSA) is 98.5 Å². The Hall–Kier alpha value is -1.80. The van der Waals surface area contributed by atoms with Gasteiger partial charge in [-0.2, -0.15) is 10.1 Å². The summed E-state index contributed by atoms with van der Waals surface area (Å²) in [6.07, 6.45) is 0.706. The minimum Gasteiger partial charge on any atom is -0.493 e. The molecule has 0 bridgehead atoms. The summed E-state index contributed by atoms with van der Waals surface area (Å²) < 4.78 is 5.94. The molecule has 1 aromatic rings. The third-order valence-corrected chi connectivity index (χ3v) is 3.78. The zero-order valence-corrected chi connectivity index (χ0v) is 17.9. The highest BCUT2D eigenvalue weighted by Gasteiger charge is 2.32. The molecule has 1 heterocycles. The quantitative estimate of drug-likeness (QED) is 0.679. The Morgan fingerprint density at radius 3 is 2.38 bits per heavy atom. The molecule has 0 aromatic heterocycles. The minimum absolute atomic E-state index is 0. The van der Waals surface area contributed by atoms with Gasteiger partial charge in [-0.3, -0.25) is 4.84 Å². The standard InChI is InChI=1S/C18H29N5O2.BrH/c1-17(2,3)13-9-6-7-10-14(13)24-11-8-12-25-23-16(20)21-15(19)22-18(23,4)5;/h6-7,9-10H,8,11-12H2,1-5H3,(H4,19,20,21,22);1H. The van der Waals surface area contributed by atoms with E-state index in [2.05, 4.69) is 36.8 Å². The van der Waals surface area contributed by atoms with Gasteiger partial charge in [0, 0.05) is 6.42 Å². The van der Waals surface area contributed by atoms with E-state index in [9.17, 15) is 0 Å². The van der Waals surface area contributed by atoms with Crippen molar-refractivity contribution in [2.45, 2.75) is 52.1 Å². The van der Waals surface area contributed by atoms with Crippen LogP contribution in [0.3, 0.4) is 0 Å². The number of guanidine groups is 2. The molecule has 0 radical (unpaired) electrons. The lowest BCUT2D eigenvalue weighted by Crippen LogP contribution is -2.53. The molecule has 0 unspecified atom stereocenters. The monoisotopic (exact) mass is 427 g/mol. The first-order chi connectivity index (χ1) is 11.6. The fourth-order valence-corrected chi connectivity index (χ4v) is 2.63. The molecule has 0 spiro atoms. The van der Waals surface area contributed by atoms with E-state index in [1.165, 1.54) is 10.6 Å². The summed E-state index contributed by atoms with van der Waals surface area (Å²) >= 11 is 0. The van der Waals surface area contributed by atoms with Crippen molar-refractivity contribution >= 4 is 28.9 Å². The third-order valence-electron chi connectivity index (χ3n) is 3.78. The van der Waals surface area contributed by atoms with Crippen molar-refractivity contribution in [1.82, 2.24) is 5.06 Å². The predicted octanol–water partition coefficient (Wildman–Crippen LogP) is 2.94. The summed E-state index contributed by atoms with van der Waals surface area (Å²) in [5.41, 5.74) is 12.1. The Labute approximate surface area is 166 Å². The van der Waals surface area contributed by atoms with Crippen molar-refractivity contribution in [3.05, 3.63) is 29.8 Å². The van der Waals surface area contributed by atoms with Crippen molar-refractivity contribution in [1.29, 1.82) is 0 Å². The molecule has 0 saturated carbocycles. The number of ether oxygens (including phenoxy) is 1. The highest BCUT2D eigenvalue weighted by Crippen LogP contribution is 2.31. The molecule has 4 N–H and O–H groups in total. The number of halogens is 1. The van der Waals surface area contributed by atoms with Crippen LogP contribution in [0.2, 0.25) is 0 Å². The molecule has 1 aliphatic heterocycles. The molecule has 1 aliphatic rings. The van der Waals surface area contributed by atoms with Gasteiger partial charge in [-0.1, -0.05) is 39.0 Å². The van der Waals surface area contributed by atoms with Gasteiger partial charge in [0.25, 0.3) is 0 Å². The lowest BCUT2D eigenvalue weighted by atomic mass is 9.86. The first-order valence-electron chi connectivity index (χ1n) is 8.46. The van der Waals surface area contributed by atoms with Crippen molar-refractivity contribution in [3.63, 3.8) is 0 Å². The second-order valence-electron chi connectivity index (χ2n) is 7.51. The van der Waals surface area contributed by atoms with Crippen molar-refractivity contribution in [2.24, 2.45) is 21.5 Å². The van der Waals surface area contributed by atoms with Gasteiger partial charge in [0.15, 0.2) is 5.66 Å². The number of nitrogens with zero attached hydrogens (tertiary/aromatic N) is 3. The summed E-state index contributed by atoms with van der Waals surface area (Å²) in [5, 5.41) is 1.48. The van der Waals surface area contributed by atoms with Crippen LogP contribution in [-0.4, -0.2) is 35.9 Å². The van der Waals surface area contributed by atoms with Gasteiger partial charge in [0.1, 0.15) is 5.75 Å². The van der Waals surface area contributed by atoms with Gasteiger partial charge in [-0.15, -0.1) is 17.0 Å². The van der Waals surface area contributed by atoms with E-state index in [0.717, 1.165) is 5.75 Å². The van der Waals surface area contributed by atoms with Crippen LogP contribution in [-0.2, 0) is 10.3 Å². The molecule has 0 amide bonds. The molecule has 26 heavy (non-hydrogen) atoms. The number of nitrogens with two attached hydrogens (primary N) is 2. The smallest absolute Gasteiger partial charge is 0.226 e. The molecule has 0 saturated heterocycles. The van der Waals surface area contributed by atoms with Crippen molar-refractivity contribution in [3.8, 4) is 5.75 Å². The Morgan fingerprint density at radius 2 is 1.77 bits per heavy atom. The second kappa shape index (κ2) is 8.73. The number of hydrogen-bond acceptors (Lipinski definition) is 7. The van der Waals surface area contributed by atoms with E-state index in [1.807, 2.05) is 32.0 Å². The Morgan fingerprint density at radius 1 is 1.12 bits per heavy atom. The highest BCUT2D eigenvalue weighted by molar-refractivity contribution is 8.93. The Bertz CT molecular complexity index is 668. The third kappa shape index (κ3) is 5.60. The minimum atomic E-state index is -0.685. The van der Waals surface area contributed by atoms with Crippen LogP contribution in [0.4, 0.5) is 0 Å². The number of para-hydroxylation sites is 1. The van der Waals surface area contributed by atoms with E-state index >= 15 is 0 Å². The molecule has 7 nitrogen and oxygen atoms in total. The van der Waals surface area contributed by atoms with E-state index in [-0.39, 0.29) is 34.3 Å². The average molecular weight is 428 g/mol. The first-order valence-corrected chi connectivity index (χ1v) is 8.46. The predicted molar refractivity (Wildman–Crippen MR) is 111 cm³/mol. The van der Waals surface area contributed by atoms with E-state index in [0.29, 0.717) is 19.6 Å². The average Bonchev–Trinajstić information content (AvgIpc) is 2.47. The van der Waals surface area contributed by atoms with Gasteiger partial charge >= 0.3 is 0 Å². The lowest BCUT2D eigenvalue weighted by Gasteiger charge is -2.36. The van der Waals surface area contributed by atoms with Crippen LogP contribution >= 0.6 is 17.0 Å². The van der Waals surface area contributed by atoms with E-state index < -0.39 is 5.66 Å². The maximum Gasteiger partial charge on any atom is 0.226 e. The van der Waals surface area contributed by atoms with Gasteiger partial charge < -0.3 is 16.2 Å². The molecule has 8 heteroatoms. The summed E-state index contributed by atoms with van der Waals surface area (Å²) in [5.74, 6) is 1.27. The first kappa shape index (κ1) is 22.2. The number of hydrogen-bond donors (Lipinski definition) is 2. The summed E-state index contributed by atoms with van der Waals surface area (Å²) in [4.78, 5) is 13.9. The van der Waals surface area contributed by atoms with Crippen LogP contribution < -0.4 is 16.2 Å². The SMILES string of the molecule is Br.CC(C)(C)c1ccccc1OCCCON1C(N)=NC(N)=NC1(C)C. The summed E-state index contributed by atoms with van der Waals surface area (Å²) in [6.45, 7) is 11.2. The van der Waals surface area contributed by atoms with Gasteiger partial charge in [-0.25, -0.2) is 4.99 Å². The number of aliphatic imine (C=N–C) groups is 2. The maximum absolute atomic E-state index is 5.94. The molecular formula is C18H30BrN5O2. The van der Waals surface area contributed by atoms with E-state index in [4.69, 9.17) is 21.0 Å². The molecule has 2 rings (SSSR count). The zero-order chi connectivity index (χ0) is 18.7. The lowest BCUT2D eigenvalue weighted by molar-refractivity contribution is -0.158. The molecule has 0 aliphatic carbocycles. The number of benzene rings is 1. The van der Waals surface area contributed by atoms with Crippen molar-refractivity contribution < 1.29 is 9.57 Å². The fraction of sp³-hybridized carbons (Fsp3) is 0.556. The molecule has 0 fully saturated rings. The normalized spacial score (nSPS) is 16.4. The maximum atomic E-state index is 5.94. The highest BCUT2D eigenvalue weighted by atomic mass is 79.9. The molecule has 0 atom stereocenters. The van der Waals surface area contributed by atoms with Crippen LogP contribution in [0, 0.1) is 0 Å². The second-order valence-corrected chi connectivity index (χ2v) is 7.51. The summed E-state index contributed by atoms with van der Waals surface area (Å²) in [7, 11) is 0. The van der Waals surface area contributed by atoms with Crippen LogP contribution in [0.15, 0.2) is 34.3 Å². The largest absolute Gasteiger partial charge is 0.493 e. The Kier molecular flexibility index (Phi) is 7.46. The van der Waals surface area contributed by atoms with Crippen LogP contribution in [0.25, 0.3) is 0 Å². The fourth-order valence-electron chi connectivity index (χ4n) is 2.63. The number of hydroxylamine groups is 2. The van der Waals surface area contributed by atoms with Crippen molar-refractivity contribution in [2.75, 3.05) is 13.2 Å². The van der Waals surface area contributed by atoms with E-state index in [1.54, 1.807) is 0 Å². The molecule has 1 aromatic carbocycles. The Balaban J connectivity index is 0.00000338. The molecular weight excluding hydrogens is 398 g/mol. The van der Waals surface area contributed by atoms with Gasteiger partial charge in [-0.05, 0) is 30.9 Å². The van der Waals surface area contributed by atoms with Gasteiger partial charge in [0.05, 0.1) is 13.2 Å². The zero-order valence-electron chi connectivity index (χ0n) is 16.2. The van der Waals surface area contributed by atoms with Crippen LogP contribution in [0.1, 0.15) is 46.6 Å². The van der Waals surface area contributed by atoms with Crippen LogP contribution in [0.5, 0.6) is 5.75 Å².